The van der Waals surface area contributed by atoms with Crippen molar-refractivity contribution >= 4 is 22.9 Å². The number of carbonyl (C=O) groups is 1. The van der Waals surface area contributed by atoms with Crippen LogP contribution in [0.4, 0.5) is 17.6 Å². The number of aromatic nitrogens is 3. The topological polar surface area (TPSA) is 94.5 Å². The van der Waals surface area contributed by atoms with Crippen LogP contribution in [0.25, 0.3) is 16.8 Å². The number of carbonyl (C=O) groups excluding carboxylic acids is 1. The van der Waals surface area contributed by atoms with Gasteiger partial charge in [0.25, 0.3) is 18.3 Å². The lowest BCUT2D eigenvalue weighted by Gasteiger charge is -2.36. The Kier molecular flexibility index (Phi) is 6.57. The van der Waals surface area contributed by atoms with Crippen molar-refractivity contribution in [3.05, 3.63) is 34.4 Å². The molecule has 1 aliphatic rings. The summed E-state index contributed by atoms with van der Waals surface area (Å²) < 4.78 is 59.7. The van der Waals surface area contributed by atoms with Crippen molar-refractivity contribution in [2.75, 3.05) is 6.61 Å². The number of thiophene rings is 1. The summed E-state index contributed by atoms with van der Waals surface area (Å²) in [6, 6.07) is -0.599. The van der Waals surface area contributed by atoms with E-state index in [9.17, 15) is 22.4 Å². The summed E-state index contributed by atoms with van der Waals surface area (Å²) in [5.74, 6) is -3.52. The molecule has 178 valence electrons. The van der Waals surface area contributed by atoms with Crippen molar-refractivity contribution in [1.82, 2.24) is 19.9 Å². The number of ether oxygens (including phenoxy) is 1. The van der Waals surface area contributed by atoms with Crippen LogP contribution in [-0.4, -0.2) is 51.5 Å². The van der Waals surface area contributed by atoms with E-state index in [2.05, 4.69) is 15.4 Å². The molecule has 0 bridgehead atoms. The van der Waals surface area contributed by atoms with Gasteiger partial charge in [0.1, 0.15) is 12.6 Å². The molecule has 0 spiro atoms. The molecule has 12 heteroatoms. The van der Waals surface area contributed by atoms with E-state index in [1.54, 1.807) is 12.3 Å². The summed E-state index contributed by atoms with van der Waals surface area (Å²) >= 11 is 1.21. The Hall–Kier alpha value is -2.73. The number of nitrogens with zero attached hydrogens (tertiary/aromatic N) is 3. The second-order valence-electron chi connectivity index (χ2n) is 7.89. The van der Waals surface area contributed by atoms with Gasteiger partial charge in [-0.2, -0.15) is 5.10 Å². The minimum Gasteiger partial charge on any atom is -0.484 e. The zero-order chi connectivity index (χ0) is 23.8. The summed E-state index contributed by atoms with van der Waals surface area (Å²) in [5, 5.41) is 6.65. The van der Waals surface area contributed by atoms with Crippen molar-refractivity contribution in [2.24, 2.45) is 5.73 Å². The third-order valence-electron chi connectivity index (χ3n) is 5.57. The molecule has 0 radical (unpaired) electrons. The molecule has 3 aromatic rings. The number of rotatable bonds is 7. The van der Waals surface area contributed by atoms with E-state index in [1.807, 2.05) is 6.92 Å². The number of halogens is 4. The summed E-state index contributed by atoms with van der Waals surface area (Å²) in [6.45, 7) is 1.16. The van der Waals surface area contributed by atoms with Gasteiger partial charge in [0.05, 0.1) is 23.5 Å². The van der Waals surface area contributed by atoms with E-state index in [4.69, 9.17) is 10.5 Å². The van der Waals surface area contributed by atoms with Gasteiger partial charge in [-0.3, -0.25) is 4.79 Å². The van der Waals surface area contributed by atoms with Gasteiger partial charge in [0.15, 0.2) is 11.4 Å². The quantitative estimate of drug-likeness (QED) is 0.495. The highest BCUT2D eigenvalue weighted by molar-refractivity contribution is 7.14. The molecule has 3 N–H and O–H groups in total. The lowest BCUT2D eigenvalue weighted by molar-refractivity contribution is -0.0674. The number of fused-ring (bicyclic) bond motifs is 1. The van der Waals surface area contributed by atoms with Crippen LogP contribution in [0.15, 0.2) is 24.7 Å². The van der Waals surface area contributed by atoms with Gasteiger partial charge in [0, 0.05) is 28.5 Å². The largest absolute Gasteiger partial charge is 0.484 e. The van der Waals surface area contributed by atoms with Crippen LogP contribution in [0.5, 0.6) is 5.75 Å². The first-order valence-electron chi connectivity index (χ1n) is 10.5. The highest BCUT2D eigenvalue weighted by Gasteiger charge is 2.46. The predicted octanol–water partition coefficient (Wildman–Crippen LogP) is 3.91. The SMILES string of the molecule is CCc1sc(C(=O)N[C@@H]2[C@H](N)CCCC2(F)F)cc1-c1cnn2cc(OCC(F)F)cnc12. The number of amides is 1. The van der Waals surface area contributed by atoms with Crippen LogP contribution in [0.3, 0.4) is 0 Å². The maximum Gasteiger partial charge on any atom is 0.272 e. The standard InChI is InChI=1S/C21H23F4N5O2S/c1-2-15-12(13-8-28-30-9-11(7-27-19(13)30)32-10-17(22)23)6-16(33-15)20(31)29-18-14(26)4-3-5-21(18,24)25/h6-9,14,17-18H,2-5,10,26H2,1H3,(H,29,31)/t14-,18-/m1/s1. The number of aryl methyl sites for hydroxylation is 1. The second-order valence-corrected chi connectivity index (χ2v) is 9.02. The van der Waals surface area contributed by atoms with Gasteiger partial charge in [-0.15, -0.1) is 11.3 Å². The number of nitrogens with one attached hydrogen (secondary N) is 1. The maximum atomic E-state index is 14.3. The molecule has 2 atom stereocenters. The molecule has 1 aliphatic carbocycles. The van der Waals surface area contributed by atoms with E-state index in [1.165, 1.54) is 28.2 Å². The first-order chi connectivity index (χ1) is 15.7. The highest BCUT2D eigenvalue weighted by atomic mass is 32.1. The zero-order valence-electron chi connectivity index (χ0n) is 17.7. The predicted molar refractivity (Wildman–Crippen MR) is 115 cm³/mol. The van der Waals surface area contributed by atoms with Crippen LogP contribution in [0.2, 0.25) is 0 Å². The van der Waals surface area contributed by atoms with Crippen LogP contribution in [-0.2, 0) is 6.42 Å². The van der Waals surface area contributed by atoms with E-state index in [-0.39, 0.29) is 17.0 Å². The Balaban J connectivity index is 1.60. The lowest BCUT2D eigenvalue weighted by Crippen LogP contribution is -2.59. The molecule has 4 rings (SSSR count). The summed E-state index contributed by atoms with van der Waals surface area (Å²) in [4.78, 5) is 18.2. The van der Waals surface area contributed by atoms with Gasteiger partial charge in [-0.05, 0) is 25.3 Å². The van der Waals surface area contributed by atoms with E-state index < -0.39 is 36.9 Å². The van der Waals surface area contributed by atoms with Crippen molar-refractivity contribution in [2.45, 2.75) is 57.0 Å². The van der Waals surface area contributed by atoms with Crippen molar-refractivity contribution in [3.63, 3.8) is 0 Å². The van der Waals surface area contributed by atoms with E-state index in [0.717, 1.165) is 4.88 Å². The van der Waals surface area contributed by atoms with E-state index >= 15 is 0 Å². The minimum absolute atomic E-state index is 0.142. The Labute approximate surface area is 190 Å². The summed E-state index contributed by atoms with van der Waals surface area (Å²) in [5.41, 5.74) is 7.65. The normalized spacial score (nSPS) is 20.3. The maximum absolute atomic E-state index is 14.3. The Bertz CT molecular complexity index is 1150. The van der Waals surface area contributed by atoms with Crippen molar-refractivity contribution < 1.29 is 27.1 Å². The van der Waals surface area contributed by atoms with Crippen LogP contribution < -0.4 is 15.8 Å². The monoisotopic (exact) mass is 485 g/mol. The zero-order valence-corrected chi connectivity index (χ0v) is 18.5. The fourth-order valence-corrected chi connectivity index (χ4v) is 4.96. The lowest BCUT2D eigenvalue weighted by atomic mass is 9.87. The molecule has 0 saturated heterocycles. The van der Waals surface area contributed by atoms with E-state index in [0.29, 0.717) is 36.0 Å². The second kappa shape index (κ2) is 9.26. The van der Waals surface area contributed by atoms with Crippen LogP contribution in [0.1, 0.15) is 40.7 Å². The van der Waals surface area contributed by atoms with Crippen molar-refractivity contribution in [1.29, 1.82) is 0 Å². The van der Waals surface area contributed by atoms with Gasteiger partial charge in [-0.1, -0.05) is 6.92 Å². The fourth-order valence-electron chi connectivity index (χ4n) is 3.95. The molecule has 0 unspecified atom stereocenters. The average molecular weight is 486 g/mol. The molecule has 0 aromatic carbocycles. The molecule has 0 aliphatic heterocycles. The first kappa shape index (κ1) is 23.4. The summed E-state index contributed by atoms with van der Waals surface area (Å²) in [7, 11) is 0. The van der Waals surface area contributed by atoms with Gasteiger partial charge < -0.3 is 15.8 Å². The number of alkyl halides is 4. The fraction of sp³-hybridized carbons (Fsp3) is 0.476. The Morgan fingerprint density at radius 1 is 1.39 bits per heavy atom. The van der Waals surface area contributed by atoms with Crippen LogP contribution >= 0.6 is 11.3 Å². The number of hydrogen-bond donors (Lipinski definition) is 2. The molecule has 7 nitrogen and oxygen atoms in total. The molecule has 3 aromatic heterocycles. The smallest absolute Gasteiger partial charge is 0.272 e. The Morgan fingerprint density at radius 3 is 2.88 bits per heavy atom. The molecule has 1 fully saturated rings. The van der Waals surface area contributed by atoms with Crippen molar-refractivity contribution in [3.8, 4) is 16.9 Å². The third-order valence-corrected chi connectivity index (χ3v) is 6.85. The molecular weight excluding hydrogens is 462 g/mol. The van der Waals surface area contributed by atoms with Gasteiger partial charge in [-0.25, -0.2) is 27.1 Å². The summed E-state index contributed by atoms with van der Waals surface area (Å²) in [6.07, 6.45) is 2.73. The number of nitrogens with two attached hydrogens (primary N) is 1. The molecule has 1 amide bonds. The molecular formula is C21H23F4N5O2S. The van der Waals surface area contributed by atoms with Gasteiger partial charge in [0.2, 0.25) is 0 Å². The van der Waals surface area contributed by atoms with Gasteiger partial charge >= 0.3 is 0 Å². The molecule has 1 saturated carbocycles. The molecule has 3 heterocycles. The number of hydrogen-bond acceptors (Lipinski definition) is 6. The van der Waals surface area contributed by atoms with Crippen LogP contribution in [0, 0.1) is 0 Å². The minimum atomic E-state index is -3.06. The molecule has 33 heavy (non-hydrogen) atoms. The first-order valence-corrected chi connectivity index (χ1v) is 11.3. The third kappa shape index (κ3) is 4.81. The highest BCUT2D eigenvalue weighted by Crippen LogP contribution is 2.36. The Morgan fingerprint density at radius 2 is 2.18 bits per heavy atom. The average Bonchev–Trinajstić information content (AvgIpc) is 3.38.